The van der Waals surface area contributed by atoms with Crippen molar-refractivity contribution in [1.82, 2.24) is 14.9 Å². The lowest BCUT2D eigenvalue weighted by Crippen LogP contribution is -2.23. The molecule has 0 atom stereocenters. The van der Waals surface area contributed by atoms with E-state index in [2.05, 4.69) is 26.2 Å². The third-order valence-corrected chi connectivity index (χ3v) is 5.63. The van der Waals surface area contributed by atoms with Crippen LogP contribution in [0.5, 0.6) is 0 Å². The Balaban J connectivity index is 1.88. The second kappa shape index (κ2) is 7.00. The molecule has 24 heavy (non-hydrogen) atoms. The van der Waals surface area contributed by atoms with E-state index in [-0.39, 0.29) is 11.5 Å². The number of nitrogens with zero attached hydrogens (tertiary/aromatic N) is 1. The first kappa shape index (κ1) is 17.1. The van der Waals surface area contributed by atoms with Gasteiger partial charge in [-0.1, -0.05) is 0 Å². The number of aromatic amines is 1. The Hall–Kier alpha value is -1.77. The van der Waals surface area contributed by atoms with Gasteiger partial charge in [0.15, 0.2) is 4.77 Å². The van der Waals surface area contributed by atoms with Gasteiger partial charge in [-0.3, -0.25) is 14.2 Å². The summed E-state index contributed by atoms with van der Waals surface area (Å²) < 4.78 is 2.85. The minimum atomic E-state index is -0.194. The lowest BCUT2D eigenvalue weighted by Gasteiger charge is -2.08. The molecule has 0 saturated carbocycles. The minimum Gasteiger partial charge on any atom is -0.347 e. The van der Waals surface area contributed by atoms with Gasteiger partial charge in [-0.15, -0.1) is 11.3 Å². The van der Waals surface area contributed by atoms with Crippen molar-refractivity contribution in [1.29, 1.82) is 0 Å². The van der Waals surface area contributed by atoms with Crippen LogP contribution in [-0.4, -0.2) is 15.5 Å². The first-order valence-electron chi connectivity index (χ1n) is 7.27. The maximum atomic E-state index is 12.3. The Morgan fingerprint density at radius 1 is 1.42 bits per heavy atom. The highest BCUT2D eigenvalue weighted by Crippen LogP contribution is 2.19. The van der Waals surface area contributed by atoms with Crippen molar-refractivity contribution in [2.24, 2.45) is 0 Å². The number of hydrogen-bond donors (Lipinski definition) is 2. The molecule has 8 heteroatoms. The zero-order valence-electron chi connectivity index (χ0n) is 12.8. The molecule has 124 valence electrons. The van der Waals surface area contributed by atoms with E-state index < -0.39 is 0 Å². The van der Waals surface area contributed by atoms with Crippen molar-refractivity contribution in [3.05, 3.63) is 59.7 Å². The second-order valence-electron chi connectivity index (χ2n) is 5.15. The Kier molecular flexibility index (Phi) is 4.98. The number of aromatic nitrogens is 2. The summed E-state index contributed by atoms with van der Waals surface area (Å²) in [6, 6.07) is 6.94. The number of benzene rings is 1. The molecule has 2 N–H and O–H groups in total. The van der Waals surface area contributed by atoms with Crippen LogP contribution < -0.4 is 10.9 Å². The molecule has 0 radical (unpaired) electrons. The fraction of sp³-hybridized carbons (Fsp3) is 0.188. The molecule has 0 unspecified atom stereocenters. The summed E-state index contributed by atoms with van der Waals surface area (Å²) in [7, 11) is 0. The smallest absolute Gasteiger partial charge is 0.262 e. The number of H-pyrrole nitrogens is 1. The van der Waals surface area contributed by atoms with Gasteiger partial charge in [0, 0.05) is 26.8 Å². The Bertz CT molecular complexity index is 1040. The van der Waals surface area contributed by atoms with Crippen molar-refractivity contribution in [3.8, 4) is 0 Å². The van der Waals surface area contributed by atoms with Crippen molar-refractivity contribution in [3.63, 3.8) is 0 Å². The summed E-state index contributed by atoms with van der Waals surface area (Å²) in [6.45, 7) is 2.82. The molecule has 2 aromatic heterocycles. The monoisotopic (exact) mass is 423 g/mol. The van der Waals surface area contributed by atoms with Crippen LogP contribution >= 0.6 is 39.5 Å². The minimum absolute atomic E-state index is 0.147. The Morgan fingerprint density at radius 2 is 2.21 bits per heavy atom. The number of nitrogens with one attached hydrogen (secondary N) is 2. The zero-order valence-corrected chi connectivity index (χ0v) is 16.0. The van der Waals surface area contributed by atoms with Crippen molar-refractivity contribution in [2.45, 2.75) is 20.0 Å². The maximum Gasteiger partial charge on any atom is 0.262 e. The number of amides is 1. The molecular weight excluding hydrogens is 410 g/mol. The van der Waals surface area contributed by atoms with Gasteiger partial charge in [-0.2, -0.15) is 0 Å². The van der Waals surface area contributed by atoms with Gasteiger partial charge in [-0.05, 0) is 59.3 Å². The van der Waals surface area contributed by atoms with Gasteiger partial charge < -0.3 is 10.3 Å². The average molecular weight is 424 g/mol. The van der Waals surface area contributed by atoms with E-state index in [0.29, 0.717) is 34.3 Å². The third kappa shape index (κ3) is 3.35. The van der Waals surface area contributed by atoms with Gasteiger partial charge in [0.1, 0.15) is 0 Å². The number of carbonyl (C=O) groups excluding carboxylic acids is 1. The molecular formula is C16H14BrN3O2S2. The van der Waals surface area contributed by atoms with Crippen LogP contribution in [0.4, 0.5) is 0 Å². The molecule has 3 rings (SSSR count). The molecule has 3 aromatic rings. The van der Waals surface area contributed by atoms with Gasteiger partial charge in [-0.25, -0.2) is 0 Å². The first-order valence-corrected chi connectivity index (χ1v) is 9.35. The lowest BCUT2D eigenvalue weighted by atomic mass is 10.1. The average Bonchev–Trinajstić information content (AvgIpc) is 2.98. The normalized spacial score (nSPS) is 10.9. The number of rotatable bonds is 4. The topological polar surface area (TPSA) is 66.9 Å². The molecule has 0 aliphatic heterocycles. The van der Waals surface area contributed by atoms with E-state index in [4.69, 9.17) is 12.2 Å². The number of halogens is 1. The van der Waals surface area contributed by atoms with Crippen LogP contribution in [0, 0.1) is 4.77 Å². The van der Waals surface area contributed by atoms with Crippen LogP contribution in [0.25, 0.3) is 10.9 Å². The predicted octanol–water partition coefficient (Wildman–Crippen LogP) is 3.83. The molecule has 0 saturated heterocycles. The molecule has 0 spiro atoms. The second-order valence-corrected chi connectivity index (χ2v) is 7.45. The zero-order chi connectivity index (χ0) is 17.3. The molecule has 1 aromatic carbocycles. The summed E-state index contributed by atoms with van der Waals surface area (Å²) in [4.78, 5) is 28.7. The van der Waals surface area contributed by atoms with E-state index in [0.717, 1.165) is 9.35 Å². The number of thiophene rings is 1. The van der Waals surface area contributed by atoms with Crippen LogP contribution in [-0.2, 0) is 13.1 Å². The summed E-state index contributed by atoms with van der Waals surface area (Å²) in [6.07, 6.45) is 0. The standard InChI is InChI=1S/C16H14BrN3O2S2/c1-2-20-15(22)12-4-3-9(5-13(12)19-16(20)23)14(21)18-7-11-6-10(17)8-24-11/h3-6,8H,2,7H2,1H3,(H,18,21)(H,19,23). The van der Waals surface area contributed by atoms with Gasteiger partial charge in [0.2, 0.25) is 0 Å². The summed E-state index contributed by atoms with van der Waals surface area (Å²) >= 11 is 10.2. The summed E-state index contributed by atoms with van der Waals surface area (Å²) in [5.74, 6) is -0.194. The van der Waals surface area contributed by atoms with Crippen molar-refractivity contribution >= 4 is 56.3 Å². The molecule has 0 fully saturated rings. The van der Waals surface area contributed by atoms with E-state index in [1.165, 1.54) is 4.57 Å². The van der Waals surface area contributed by atoms with Crippen LogP contribution in [0.1, 0.15) is 22.2 Å². The number of carbonyl (C=O) groups is 1. The molecule has 5 nitrogen and oxygen atoms in total. The van der Waals surface area contributed by atoms with Crippen molar-refractivity contribution in [2.75, 3.05) is 0 Å². The predicted molar refractivity (Wildman–Crippen MR) is 102 cm³/mol. The Morgan fingerprint density at radius 3 is 2.88 bits per heavy atom. The van der Waals surface area contributed by atoms with Gasteiger partial charge in [0.25, 0.3) is 11.5 Å². The Labute approximate surface area is 155 Å². The van der Waals surface area contributed by atoms with Crippen molar-refractivity contribution < 1.29 is 4.79 Å². The number of fused-ring (bicyclic) bond motifs is 1. The van der Waals surface area contributed by atoms with Gasteiger partial charge >= 0.3 is 0 Å². The van der Waals surface area contributed by atoms with Crippen LogP contribution in [0.2, 0.25) is 0 Å². The van der Waals surface area contributed by atoms with E-state index in [9.17, 15) is 9.59 Å². The summed E-state index contributed by atoms with van der Waals surface area (Å²) in [5, 5.41) is 5.36. The highest BCUT2D eigenvalue weighted by atomic mass is 79.9. The number of hydrogen-bond acceptors (Lipinski definition) is 4. The lowest BCUT2D eigenvalue weighted by molar-refractivity contribution is 0.0951. The molecule has 1 amide bonds. The van der Waals surface area contributed by atoms with Crippen LogP contribution in [0.3, 0.4) is 0 Å². The van der Waals surface area contributed by atoms with E-state index in [1.807, 2.05) is 18.4 Å². The maximum absolute atomic E-state index is 12.3. The largest absolute Gasteiger partial charge is 0.347 e. The van der Waals surface area contributed by atoms with Gasteiger partial charge in [0.05, 0.1) is 17.4 Å². The van der Waals surface area contributed by atoms with E-state index >= 15 is 0 Å². The quantitative estimate of drug-likeness (QED) is 0.626. The molecule has 0 bridgehead atoms. The highest BCUT2D eigenvalue weighted by Gasteiger charge is 2.10. The first-order chi connectivity index (χ1) is 11.5. The van der Waals surface area contributed by atoms with Crippen LogP contribution in [0.15, 0.2) is 38.9 Å². The summed E-state index contributed by atoms with van der Waals surface area (Å²) in [5.41, 5.74) is 0.908. The molecule has 0 aliphatic carbocycles. The SMILES string of the molecule is CCn1c(=S)[nH]c2cc(C(=O)NCc3cc(Br)cs3)ccc2c1=O. The fourth-order valence-corrected chi connectivity index (χ4v) is 4.11. The molecule has 2 heterocycles. The third-order valence-electron chi connectivity index (χ3n) is 3.61. The molecule has 0 aliphatic rings. The fourth-order valence-electron chi connectivity index (χ4n) is 2.40. The van der Waals surface area contributed by atoms with E-state index in [1.54, 1.807) is 29.5 Å². The highest BCUT2D eigenvalue weighted by molar-refractivity contribution is 9.10.